The Balaban J connectivity index is 2.92. The highest BCUT2D eigenvalue weighted by atomic mass is 32.2. The van der Waals surface area contributed by atoms with Crippen molar-refractivity contribution in [3.05, 3.63) is 18.2 Å². The second kappa shape index (κ2) is 6.74. The van der Waals surface area contributed by atoms with Gasteiger partial charge in [0.15, 0.2) is 0 Å². The van der Waals surface area contributed by atoms with Gasteiger partial charge in [0.25, 0.3) is 0 Å². The summed E-state index contributed by atoms with van der Waals surface area (Å²) in [7, 11) is -0.445. The molecule has 108 valence electrons. The summed E-state index contributed by atoms with van der Waals surface area (Å²) in [6.07, 6.45) is 0.805. The van der Waals surface area contributed by atoms with Crippen molar-refractivity contribution in [2.45, 2.75) is 24.3 Å². The van der Waals surface area contributed by atoms with Gasteiger partial charge in [-0.25, -0.2) is 13.1 Å². The lowest BCUT2D eigenvalue weighted by atomic mass is 10.2. The number of rotatable bonds is 7. The van der Waals surface area contributed by atoms with E-state index in [1.54, 1.807) is 13.2 Å². The lowest BCUT2D eigenvalue weighted by Gasteiger charge is -2.17. The molecule has 19 heavy (non-hydrogen) atoms. The fraction of sp³-hybridized carbons (Fsp3) is 0.500. The molecule has 0 saturated heterocycles. The number of ether oxygens (including phenoxy) is 1. The van der Waals surface area contributed by atoms with Gasteiger partial charge in [0.1, 0.15) is 0 Å². The summed E-state index contributed by atoms with van der Waals surface area (Å²) in [5, 5.41) is 3.18. The van der Waals surface area contributed by atoms with Gasteiger partial charge in [-0.1, -0.05) is 0 Å². The van der Waals surface area contributed by atoms with E-state index in [1.807, 2.05) is 6.92 Å². The van der Waals surface area contributed by atoms with E-state index >= 15 is 0 Å². The van der Waals surface area contributed by atoms with Crippen LogP contribution in [0.3, 0.4) is 0 Å². The Morgan fingerprint density at radius 1 is 1.42 bits per heavy atom. The molecule has 1 rings (SSSR count). The molecule has 0 saturated carbocycles. The molecule has 6 nitrogen and oxygen atoms in total. The van der Waals surface area contributed by atoms with Crippen molar-refractivity contribution in [2.75, 3.05) is 31.8 Å². The third-order valence-corrected chi connectivity index (χ3v) is 4.17. The molecule has 1 atom stereocenters. The van der Waals surface area contributed by atoms with Gasteiger partial charge in [0, 0.05) is 19.8 Å². The first-order chi connectivity index (χ1) is 8.90. The molecule has 1 unspecified atom stereocenters. The molecule has 0 aliphatic heterocycles. The summed E-state index contributed by atoms with van der Waals surface area (Å²) in [4.78, 5) is 0.186. The van der Waals surface area contributed by atoms with E-state index in [1.165, 1.54) is 19.2 Å². The molecule has 0 aliphatic carbocycles. The third kappa shape index (κ3) is 4.38. The van der Waals surface area contributed by atoms with Gasteiger partial charge in [0.2, 0.25) is 10.0 Å². The highest BCUT2D eigenvalue weighted by Crippen LogP contribution is 2.23. The smallest absolute Gasteiger partial charge is 0.240 e. The quantitative estimate of drug-likeness (QED) is 0.651. The van der Waals surface area contributed by atoms with E-state index < -0.39 is 10.0 Å². The maximum Gasteiger partial charge on any atom is 0.240 e. The summed E-state index contributed by atoms with van der Waals surface area (Å²) in [5.74, 6) is 0. The predicted molar refractivity (Wildman–Crippen MR) is 76.7 cm³/mol. The van der Waals surface area contributed by atoms with Gasteiger partial charge in [0.05, 0.1) is 16.3 Å². The predicted octanol–water partition coefficient (Wildman–Crippen LogP) is 1.01. The van der Waals surface area contributed by atoms with Crippen LogP contribution in [0.5, 0.6) is 0 Å². The average molecular weight is 287 g/mol. The fourth-order valence-electron chi connectivity index (χ4n) is 1.58. The van der Waals surface area contributed by atoms with Crippen molar-refractivity contribution in [3.63, 3.8) is 0 Å². The molecule has 0 fully saturated rings. The Morgan fingerprint density at radius 2 is 2.11 bits per heavy atom. The molecule has 0 radical (unpaired) electrons. The first-order valence-corrected chi connectivity index (χ1v) is 7.47. The van der Waals surface area contributed by atoms with Crippen LogP contribution in [0.15, 0.2) is 23.1 Å². The number of anilines is 2. The van der Waals surface area contributed by atoms with Crippen molar-refractivity contribution in [1.29, 1.82) is 0 Å². The first kappa shape index (κ1) is 15.7. The Bertz CT molecular complexity index is 517. The summed E-state index contributed by atoms with van der Waals surface area (Å²) in [6, 6.07) is 4.72. The van der Waals surface area contributed by atoms with Gasteiger partial charge in [-0.15, -0.1) is 0 Å². The first-order valence-electron chi connectivity index (χ1n) is 5.99. The zero-order chi connectivity index (χ0) is 14.5. The summed E-state index contributed by atoms with van der Waals surface area (Å²) < 4.78 is 30.7. The number of methoxy groups -OCH3 is 1. The Hall–Kier alpha value is -1.31. The molecule has 0 amide bonds. The average Bonchev–Trinajstić information content (AvgIpc) is 2.38. The van der Waals surface area contributed by atoms with Gasteiger partial charge in [-0.05, 0) is 38.6 Å². The summed E-state index contributed by atoms with van der Waals surface area (Å²) in [5.41, 5.74) is 6.97. The molecule has 0 aliphatic rings. The number of nitrogens with two attached hydrogens (primary N) is 1. The highest BCUT2D eigenvalue weighted by molar-refractivity contribution is 7.89. The van der Waals surface area contributed by atoms with E-state index in [0.717, 1.165) is 6.42 Å². The highest BCUT2D eigenvalue weighted by Gasteiger charge is 2.14. The van der Waals surface area contributed by atoms with E-state index in [0.29, 0.717) is 18.0 Å². The maximum absolute atomic E-state index is 11.7. The molecule has 1 aromatic rings. The maximum atomic E-state index is 11.7. The van der Waals surface area contributed by atoms with Crippen molar-refractivity contribution in [2.24, 2.45) is 0 Å². The standard InChI is InChI=1S/C12H21N3O3S/c1-9(6-7-18-3)15-12-8-10(4-5-11(12)13)19(16,17)14-2/h4-5,8-9,14-15H,6-7,13H2,1-3H3. The molecule has 0 bridgehead atoms. The zero-order valence-electron chi connectivity index (χ0n) is 11.4. The number of hydrogen-bond donors (Lipinski definition) is 3. The molecule has 1 aromatic carbocycles. The van der Waals surface area contributed by atoms with Crippen LogP contribution in [0, 0.1) is 0 Å². The van der Waals surface area contributed by atoms with Gasteiger partial charge < -0.3 is 15.8 Å². The molecule has 7 heteroatoms. The fourth-order valence-corrected chi connectivity index (χ4v) is 2.33. The Labute approximate surface area is 114 Å². The number of sulfonamides is 1. The number of nitrogens with one attached hydrogen (secondary N) is 2. The van der Waals surface area contributed by atoms with Crippen molar-refractivity contribution >= 4 is 21.4 Å². The molecule has 4 N–H and O–H groups in total. The SMILES string of the molecule is CNS(=O)(=O)c1ccc(N)c(NC(C)CCOC)c1. The summed E-state index contributed by atoms with van der Waals surface area (Å²) in [6.45, 7) is 2.61. The second-order valence-electron chi connectivity index (χ2n) is 4.28. The Morgan fingerprint density at radius 3 is 2.68 bits per heavy atom. The minimum absolute atomic E-state index is 0.134. The van der Waals surface area contributed by atoms with Crippen molar-refractivity contribution < 1.29 is 13.2 Å². The van der Waals surface area contributed by atoms with Crippen LogP contribution in [-0.4, -0.2) is 35.2 Å². The van der Waals surface area contributed by atoms with Crippen LogP contribution in [0.2, 0.25) is 0 Å². The summed E-state index contributed by atoms with van der Waals surface area (Å²) >= 11 is 0. The zero-order valence-corrected chi connectivity index (χ0v) is 12.3. The minimum Gasteiger partial charge on any atom is -0.397 e. The van der Waals surface area contributed by atoms with Crippen molar-refractivity contribution in [1.82, 2.24) is 4.72 Å². The Kier molecular flexibility index (Phi) is 5.59. The molecule has 0 spiro atoms. The van der Waals surface area contributed by atoms with Gasteiger partial charge in [-0.2, -0.15) is 0 Å². The lowest BCUT2D eigenvalue weighted by Crippen LogP contribution is -2.21. The molecular formula is C12H21N3O3S. The monoisotopic (exact) mass is 287 g/mol. The largest absolute Gasteiger partial charge is 0.397 e. The number of hydrogen-bond acceptors (Lipinski definition) is 5. The normalized spacial score (nSPS) is 13.2. The van der Waals surface area contributed by atoms with E-state index in [2.05, 4.69) is 10.0 Å². The van der Waals surface area contributed by atoms with Gasteiger partial charge >= 0.3 is 0 Å². The lowest BCUT2D eigenvalue weighted by molar-refractivity contribution is 0.191. The van der Waals surface area contributed by atoms with Crippen LogP contribution >= 0.6 is 0 Å². The van der Waals surface area contributed by atoms with E-state index in [4.69, 9.17) is 10.5 Å². The van der Waals surface area contributed by atoms with Crippen molar-refractivity contribution in [3.8, 4) is 0 Å². The number of benzene rings is 1. The van der Waals surface area contributed by atoms with E-state index in [9.17, 15) is 8.42 Å². The van der Waals surface area contributed by atoms with Crippen LogP contribution in [0.1, 0.15) is 13.3 Å². The van der Waals surface area contributed by atoms with Crippen LogP contribution in [-0.2, 0) is 14.8 Å². The van der Waals surface area contributed by atoms with Crippen LogP contribution in [0.25, 0.3) is 0 Å². The van der Waals surface area contributed by atoms with Crippen LogP contribution in [0.4, 0.5) is 11.4 Å². The second-order valence-corrected chi connectivity index (χ2v) is 6.17. The number of nitrogen functional groups attached to an aromatic ring is 1. The molecular weight excluding hydrogens is 266 g/mol. The van der Waals surface area contributed by atoms with Gasteiger partial charge in [-0.3, -0.25) is 0 Å². The molecule has 0 aromatic heterocycles. The van der Waals surface area contributed by atoms with Crippen LogP contribution < -0.4 is 15.8 Å². The minimum atomic E-state index is -3.46. The molecule has 0 heterocycles. The third-order valence-electron chi connectivity index (χ3n) is 2.76. The topological polar surface area (TPSA) is 93.5 Å². The van der Waals surface area contributed by atoms with E-state index in [-0.39, 0.29) is 10.9 Å².